The van der Waals surface area contributed by atoms with Crippen LogP contribution in [0.1, 0.15) is 20.8 Å². The summed E-state index contributed by atoms with van der Waals surface area (Å²) in [5, 5.41) is 7.52. The van der Waals surface area contributed by atoms with Gasteiger partial charge < -0.3 is 10.6 Å². The predicted molar refractivity (Wildman–Crippen MR) is 127 cm³/mol. The average Bonchev–Trinajstić information content (AvgIpc) is 3.48. The molecule has 0 radical (unpaired) electrons. The number of rotatable bonds is 5. The molecule has 2 aliphatic heterocycles. The van der Waals surface area contributed by atoms with Crippen LogP contribution in [0.15, 0.2) is 64.9 Å². The van der Waals surface area contributed by atoms with Crippen LogP contribution in [-0.4, -0.2) is 44.3 Å². The second-order valence-electron chi connectivity index (χ2n) is 7.87. The Bertz CT molecular complexity index is 1320. The van der Waals surface area contributed by atoms with Gasteiger partial charge in [0.1, 0.15) is 0 Å². The Morgan fingerprint density at radius 1 is 1.06 bits per heavy atom. The molecule has 1 aromatic heterocycles. The molecule has 8 nitrogen and oxygen atoms in total. The van der Waals surface area contributed by atoms with E-state index in [1.165, 1.54) is 21.3 Å². The summed E-state index contributed by atoms with van der Waals surface area (Å²) < 4.78 is 27.9. The van der Waals surface area contributed by atoms with Gasteiger partial charge in [0.15, 0.2) is 0 Å². The van der Waals surface area contributed by atoms with Crippen molar-refractivity contribution in [1.82, 2.24) is 9.62 Å². The number of anilines is 2. The van der Waals surface area contributed by atoms with E-state index in [9.17, 15) is 18.0 Å². The van der Waals surface area contributed by atoms with Gasteiger partial charge in [-0.1, -0.05) is 6.07 Å². The van der Waals surface area contributed by atoms with E-state index in [0.29, 0.717) is 38.3 Å². The Kier molecular flexibility index (Phi) is 5.65. The first kappa shape index (κ1) is 21.6. The highest BCUT2D eigenvalue weighted by molar-refractivity contribution is 7.89. The maximum atomic E-state index is 13.2. The van der Waals surface area contributed by atoms with Crippen molar-refractivity contribution >= 4 is 44.7 Å². The largest absolute Gasteiger partial charge is 0.336 e. The molecule has 0 bridgehead atoms. The molecule has 0 spiro atoms. The van der Waals surface area contributed by atoms with Crippen LogP contribution in [0, 0.1) is 0 Å². The Labute approximate surface area is 195 Å². The summed E-state index contributed by atoms with van der Waals surface area (Å²) in [6.07, 6.45) is 0.696. The first-order chi connectivity index (χ1) is 15.9. The second kappa shape index (κ2) is 8.62. The van der Waals surface area contributed by atoms with Gasteiger partial charge in [-0.05, 0) is 65.9 Å². The van der Waals surface area contributed by atoms with Gasteiger partial charge in [0.2, 0.25) is 10.0 Å². The number of amides is 3. The molecule has 1 fully saturated rings. The Hall–Kier alpha value is -3.21. The number of carbonyl (C=O) groups is 2. The smallest absolute Gasteiger partial charge is 0.321 e. The lowest BCUT2D eigenvalue weighted by atomic mass is 10.1. The summed E-state index contributed by atoms with van der Waals surface area (Å²) in [6.45, 7) is 1.96. The molecule has 3 amide bonds. The lowest BCUT2D eigenvalue weighted by molar-refractivity contribution is 0.102. The van der Waals surface area contributed by atoms with Crippen LogP contribution in [0.25, 0.3) is 0 Å². The van der Waals surface area contributed by atoms with Crippen molar-refractivity contribution in [2.75, 3.05) is 29.9 Å². The topological polar surface area (TPSA) is 98.8 Å². The van der Waals surface area contributed by atoms with Crippen LogP contribution in [0.2, 0.25) is 0 Å². The SMILES string of the molecule is O=C(Nc1ccc(N2CCNC2=O)cc1)c1cccc(S(=O)(=O)N2CCc3sccc3C2)c1. The maximum absolute atomic E-state index is 13.2. The van der Waals surface area contributed by atoms with Crippen LogP contribution in [0.5, 0.6) is 0 Å². The number of benzene rings is 2. The number of nitrogens with zero attached hydrogens (tertiary/aromatic N) is 2. The molecule has 3 heterocycles. The molecule has 0 unspecified atom stereocenters. The maximum Gasteiger partial charge on any atom is 0.321 e. The summed E-state index contributed by atoms with van der Waals surface area (Å²) in [6, 6.07) is 14.9. The summed E-state index contributed by atoms with van der Waals surface area (Å²) in [5.41, 5.74) is 2.59. The van der Waals surface area contributed by atoms with Crippen molar-refractivity contribution in [2.24, 2.45) is 0 Å². The van der Waals surface area contributed by atoms with Gasteiger partial charge in [-0.3, -0.25) is 9.69 Å². The lowest BCUT2D eigenvalue weighted by Crippen LogP contribution is -2.35. The zero-order valence-electron chi connectivity index (χ0n) is 17.7. The van der Waals surface area contributed by atoms with Gasteiger partial charge in [-0.15, -0.1) is 11.3 Å². The first-order valence-electron chi connectivity index (χ1n) is 10.5. The van der Waals surface area contributed by atoms with Gasteiger partial charge in [0, 0.05) is 48.0 Å². The third-order valence-electron chi connectivity index (χ3n) is 5.80. The van der Waals surface area contributed by atoms with Gasteiger partial charge in [-0.2, -0.15) is 4.31 Å². The predicted octanol–water partition coefficient (Wildman–Crippen LogP) is 3.28. The van der Waals surface area contributed by atoms with E-state index in [1.807, 2.05) is 11.4 Å². The third-order valence-corrected chi connectivity index (χ3v) is 8.66. The number of nitrogens with one attached hydrogen (secondary N) is 2. The minimum atomic E-state index is -3.72. The molecule has 1 saturated heterocycles. The van der Waals surface area contributed by atoms with Crippen molar-refractivity contribution in [3.05, 3.63) is 76.0 Å². The average molecular weight is 483 g/mol. The Morgan fingerprint density at radius 2 is 1.88 bits per heavy atom. The molecule has 2 aromatic carbocycles. The molecular weight excluding hydrogens is 460 g/mol. The highest BCUT2D eigenvalue weighted by Gasteiger charge is 2.29. The fraction of sp³-hybridized carbons (Fsp3) is 0.217. The van der Waals surface area contributed by atoms with Crippen LogP contribution < -0.4 is 15.5 Å². The fourth-order valence-electron chi connectivity index (χ4n) is 4.02. The molecular formula is C23H22N4O4S2. The molecule has 0 aliphatic carbocycles. The number of thiophene rings is 1. The summed E-state index contributed by atoms with van der Waals surface area (Å²) in [5.74, 6) is -0.405. The fourth-order valence-corrected chi connectivity index (χ4v) is 6.38. The standard InChI is InChI=1S/C23H22N4O4S2/c28-22(25-18-4-6-19(7-5-18)27-12-10-24-23(27)29)16-2-1-3-20(14-16)33(30,31)26-11-8-21-17(15-26)9-13-32-21/h1-7,9,13-14H,8,10-12,15H2,(H,24,29)(H,25,28). The van der Waals surface area contributed by atoms with Crippen molar-refractivity contribution in [3.8, 4) is 0 Å². The molecule has 5 rings (SSSR count). The molecule has 33 heavy (non-hydrogen) atoms. The Morgan fingerprint density at radius 3 is 2.64 bits per heavy atom. The van der Waals surface area contributed by atoms with Gasteiger partial charge in [0.05, 0.1) is 4.90 Å². The van der Waals surface area contributed by atoms with Crippen molar-refractivity contribution in [3.63, 3.8) is 0 Å². The van der Waals surface area contributed by atoms with E-state index in [1.54, 1.807) is 52.6 Å². The Balaban J connectivity index is 1.30. The molecule has 10 heteroatoms. The zero-order chi connectivity index (χ0) is 23.0. The summed E-state index contributed by atoms with van der Waals surface area (Å²) >= 11 is 1.65. The molecule has 0 saturated carbocycles. The molecule has 2 aliphatic rings. The minimum Gasteiger partial charge on any atom is -0.336 e. The van der Waals surface area contributed by atoms with Crippen molar-refractivity contribution < 1.29 is 18.0 Å². The monoisotopic (exact) mass is 482 g/mol. The van der Waals surface area contributed by atoms with Crippen molar-refractivity contribution in [1.29, 1.82) is 0 Å². The minimum absolute atomic E-state index is 0.101. The van der Waals surface area contributed by atoms with E-state index in [-0.39, 0.29) is 16.5 Å². The molecule has 3 aromatic rings. The van der Waals surface area contributed by atoms with Crippen LogP contribution in [0.4, 0.5) is 16.2 Å². The van der Waals surface area contributed by atoms with E-state index in [0.717, 1.165) is 11.3 Å². The number of fused-ring (bicyclic) bond motifs is 1. The quantitative estimate of drug-likeness (QED) is 0.583. The molecule has 170 valence electrons. The molecule has 0 atom stereocenters. The third kappa shape index (κ3) is 4.24. The van der Waals surface area contributed by atoms with Crippen LogP contribution >= 0.6 is 11.3 Å². The number of hydrogen-bond acceptors (Lipinski definition) is 5. The second-order valence-corrected chi connectivity index (χ2v) is 10.8. The zero-order valence-corrected chi connectivity index (χ0v) is 19.3. The summed E-state index contributed by atoms with van der Waals surface area (Å²) in [7, 11) is -3.72. The van der Waals surface area contributed by atoms with Gasteiger partial charge in [0.25, 0.3) is 5.91 Å². The van der Waals surface area contributed by atoms with E-state index in [4.69, 9.17) is 0 Å². The highest BCUT2D eigenvalue weighted by Crippen LogP contribution is 2.28. The van der Waals surface area contributed by atoms with Gasteiger partial charge >= 0.3 is 6.03 Å². The van der Waals surface area contributed by atoms with Crippen LogP contribution in [-0.2, 0) is 23.0 Å². The number of sulfonamides is 1. The number of urea groups is 1. The van der Waals surface area contributed by atoms with E-state index in [2.05, 4.69) is 10.6 Å². The molecule has 2 N–H and O–H groups in total. The highest BCUT2D eigenvalue weighted by atomic mass is 32.2. The van der Waals surface area contributed by atoms with Crippen molar-refractivity contribution in [2.45, 2.75) is 17.9 Å². The number of hydrogen-bond donors (Lipinski definition) is 2. The first-order valence-corrected chi connectivity index (χ1v) is 12.9. The lowest BCUT2D eigenvalue weighted by Gasteiger charge is -2.26. The van der Waals surface area contributed by atoms with Crippen LogP contribution in [0.3, 0.4) is 0 Å². The van der Waals surface area contributed by atoms with Gasteiger partial charge in [-0.25, -0.2) is 13.2 Å². The van der Waals surface area contributed by atoms with E-state index < -0.39 is 15.9 Å². The normalized spacial score (nSPS) is 16.4. The number of carbonyl (C=O) groups excluding carboxylic acids is 2. The summed E-state index contributed by atoms with van der Waals surface area (Å²) in [4.78, 5) is 27.5. The van der Waals surface area contributed by atoms with E-state index >= 15 is 0 Å².